The number of hydrogen-bond donors (Lipinski definition) is 2. The lowest BCUT2D eigenvalue weighted by atomic mass is 10.3. The summed E-state index contributed by atoms with van der Waals surface area (Å²) in [5, 5.41) is 4.89. The summed E-state index contributed by atoms with van der Waals surface area (Å²) in [4.78, 5) is 0. The van der Waals surface area contributed by atoms with Crippen molar-refractivity contribution in [2.45, 2.75) is 17.7 Å². The number of thiophene rings is 1. The summed E-state index contributed by atoms with van der Waals surface area (Å²) in [5.41, 5.74) is 0.800. The van der Waals surface area contributed by atoms with E-state index >= 15 is 0 Å². The molecule has 2 aromatic rings. The highest BCUT2D eigenvalue weighted by molar-refractivity contribution is 9.10. The third-order valence-corrected chi connectivity index (χ3v) is 6.17. The maximum Gasteiger partial charge on any atom is 0.271 e. The van der Waals surface area contributed by atoms with Crippen molar-refractivity contribution in [2.24, 2.45) is 0 Å². The second-order valence-corrected chi connectivity index (χ2v) is 7.93. The summed E-state index contributed by atoms with van der Waals surface area (Å²) in [5.74, 6) is -0.627. The zero-order valence-corrected chi connectivity index (χ0v) is 14.4. The molecule has 0 aliphatic heterocycles. The fraction of sp³-hybridized carbons (Fsp3) is 0.231. The maximum absolute atomic E-state index is 13.7. The average molecular weight is 393 g/mol. The van der Waals surface area contributed by atoms with Gasteiger partial charge >= 0.3 is 0 Å². The molecule has 0 unspecified atom stereocenters. The molecule has 0 amide bonds. The smallest absolute Gasteiger partial charge is 0.271 e. The largest absolute Gasteiger partial charge is 0.313 e. The van der Waals surface area contributed by atoms with Gasteiger partial charge in [-0.15, -0.1) is 11.3 Å². The van der Waals surface area contributed by atoms with Crippen LogP contribution in [0.15, 0.2) is 38.3 Å². The van der Waals surface area contributed by atoms with E-state index in [9.17, 15) is 12.8 Å². The van der Waals surface area contributed by atoms with Crippen molar-refractivity contribution < 1.29 is 12.8 Å². The average Bonchev–Trinajstić information content (AvgIpc) is 2.90. The van der Waals surface area contributed by atoms with Crippen LogP contribution in [0.5, 0.6) is 0 Å². The van der Waals surface area contributed by atoms with Gasteiger partial charge in [-0.25, -0.2) is 12.8 Å². The summed E-state index contributed by atoms with van der Waals surface area (Å²) in [7, 11) is -3.79. The first-order chi connectivity index (χ1) is 9.94. The molecule has 114 valence electrons. The van der Waals surface area contributed by atoms with E-state index in [4.69, 9.17) is 0 Å². The molecule has 1 aromatic heterocycles. The molecule has 4 nitrogen and oxygen atoms in total. The van der Waals surface area contributed by atoms with Gasteiger partial charge in [0.15, 0.2) is 0 Å². The number of benzene rings is 1. The molecule has 0 spiro atoms. The van der Waals surface area contributed by atoms with E-state index in [1.54, 1.807) is 17.5 Å². The minimum absolute atomic E-state index is 0.0841. The van der Waals surface area contributed by atoms with Gasteiger partial charge in [-0.3, -0.25) is 4.72 Å². The summed E-state index contributed by atoms with van der Waals surface area (Å²) < 4.78 is 41.1. The van der Waals surface area contributed by atoms with Crippen LogP contribution >= 0.6 is 27.3 Å². The Morgan fingerprint density at radius 1 is 1.38 bits per heavy atom. The van der Waals surface area contributed by atoms with Crippen molar-refractivity contribution in [1.29, 1.82) is 0 Å². The standard InChI is InChI=1S/C13H14BrFN2O2S2/c1-2-16-7-9-6-12(20-8-9)21(18,19)17-13-10(14)4-3-5-11(13)15/h3-6,8,16-17H,2,7H2,1H3. The molecule has 0 aliphatic carbocycles. The maximum atomic E-state index is 13.7. The van der Waals surface area contributed by atoms with Gasteiger partial charge in [0, 0.05) is 11.0 Å². The third-order valence-electron chi connectivity index (χ3n) is 2.67. The van der Waals surface area contributed by atoms with Gasteiger partial charge in [0.05, 0.1) is 5.69 Å². The van der Waals surface area contributed by atoms with Crippen molar-refractivity contribution >= 4 is 43.0 Å². The molecule has 0 radical (unpaired) electrons. The number of rotatable bonds is 6. The van der Waals surface area contributed by atoms with Crippen molar-refractivity contribution in [2.75, 3.05) is 11.3 Å². The molecule has 0 fully saturated rings. The van der Waals surface area contributed by atoms with Gasteiger partial charge in [-0.2, -0.15) is 0 Å². The van der Waals surface area contributed by atoms with Gasteiger partial charge in [0.1, 0.15) is 10.0 Å². The van der Waals surface area contributed by atoms with E-state index < -0.39 is 15.8 Å². The Hall–Kier alpha value is -0.960. The van der Waals surface area contributed by atoms with Crippen LogP contribution in [0.25, 0.3) is 0 Å². The topological polar surface area (TPSA) is 58.2 Å². The Kier molecular flexibility index (Phi) is 5.37. The predicted molar refractivity (Wildman–Crippen MR) is 86.6 cm³/mol. The molecular weight excluding hydrogens is 379 g/mol. The lowest BCUT2D eigenvalue weighted by Crippen LogP contribution is -2.13. The number of sulfonamides is 1. The number of nitrogens with one attached hydrogen (secondary N) is 2. The lowest BCUT2D eigenvalue weighted by molar-refractivity contribution is 0.600. The first kappa shape index (κ1) is 16.4. The van der Waals surface area contributed by atoms with Crippen LogP contribution in [0.2, 0.25) is 0 Å². The van der Waals surface area contributed by atoms with E-state index in [-0.39, 0.29) is 9.90 Å². The second-order valence-electron chi connectivity index (χ2n) is 4.26. The van der Waals surface area contributed by atoms with Crippen LogP contribution in [0, 0.1) is 5.82 Å². The fourth-order valence-corrected chi connectivity index (χ4v) is 4.51. The van der Waals surface area contributed by atoms with Gasteiger partial charge < -0.3 is 5.32 Å². The van der Waals surface area contributed by atoms with Gasteiger partial charge in [-0.1, -0.05) is 13.0 Å². The van der Waals surface area contributed by atoms with E-state index in [1.807, 2.05) is 6.92 Å². The van der Waals surface area contributed by atoms with Crippen LogP contribution in [0.4, 0.5) is 10.1 Å². The highest BCUT2D eigenvalue weighted by Crippen LogP contribution is 2.29. The SMILES string of the molecule is CCNCc1csc(S(=O)(=O)Nc2c(F)cccc2Br)c1. The zero-order chi connectivity index (χ0) is 15.5. The van der Waals surface area contributed by atoms with Gasteiger partial charge in [0.2, 0.25) is 0 Å². The van der Waals surface area contributed by atoms with E-state index in [1.165, 1.54) is 12.1 Å². The number of para-hydroxylation sites is 1. The van der Waals surface area contributed by atoms with Crippen LogP contribution in [-0.4, -0.2) is 15.0 Å². The fourth-order valence-electron chi connectivity index (χ4n) is 1.64. The summed E-state index contributed by atoms with van der Waals surface area (Å²) in [6.07, 6.45) is 0. The highest BCUT2D eigenvalue weighted by Gasteiger charge is 2.20. The van der Waals surface area contributed by atoms with Crippen LogP contribution in [-0.2, 0) is 16.6 Å². The van der Waals surface area contributed by atoms with Crippen molar-refractivity contribution in [3.8, 4) is 0 Å². The predicted octanol–water partition coefficient (Wildman–Crippen LogP) is 3.56. The van der Waals surface area contributed by atoms with Crippen molar-refractivity contribution in [3.05, 3.63) is 45.5 Å². The van der Waals surface area contributed by atoms with Crippen molar-refractivity contribution in [3.63, 3.8) is 0 Å². The normalized spacial score (nSPS) is 11.6. The van der Waals surface area contributed by atoms with Crippen LogP contribution < -0.4 is 10.0 Å². The number of hydrogen-bond acceptors (Lipinski definition) is 4. The third kappa shape index (κ3) is 4.03. The Morgan fingerprint density at radius 2 is 2.14 bits per heavy atom. The van der Waals surface area contributed by atoms with Gasteiger partial charge in [0.25, 0.3) is 10.0 Å². The minimum atomic E-state index is -3.79. The molecule has 8 heteroatoms. The Morgan fingerprint density at radius 3 is 2.81 bits per heavy atom. The van der Waals surface area contributed by atoms with E-state index in [2.05, 4.69) is 26.0 Å². The van der Waals surface area contributed by atoms with Crippen molar-refractivity contribution in [1.82, 2.24) is 5.32 Å². The minimum Gasteiger partial charge on any atom is -0.313 e. The summed E-state index contributed by atoms with van der Waals surface area (Å²) in [6.45, 7) is 3.38. The summed E-state index contributed by atoms with van der Waals surface area (Å²) >= 11 is 4.25. The molecule has 0 bridgehead atoms. The molecule has 2 rings (SSSR count). The van der Waals surface area contributed by atoms with Gasteiger partial charge in [-0.05, 0) is 51.6 Å². The van der Waals surface area contributed by atoms with Crippen LogP contribution in [0.3, 0.4) is 0 Å². The van der Waals surface area contributed by atoms with E-state index in [0.29, 0.717) is 11.0 Å². The molecule has 2 N–H and O–H groups in total. The highest BCUT2D eigenvalue weighted by atomic mass is 79.9. The monoisotopic (exact) mass is 392 g/mol. The molecule has 0 atom stereocenters. The Labute approximate surface area is 135 Å². The molecule has 1 aromatic carbocycles. The molecule has 1 heterocycles. The second kappa shape index (κ2) is 6.87. The molecule has 0 saturated carbocycles. The Bertz CT molecular complexity index is 711. The molecule has 0 aliphatic rings. The summed E-state index contributed by atoms with van der Waals surface area (Å²) in [6, 6.07) is 5.86. The molecular formula is C13H14BrFN2O2S2. The number of anilines is 1. The van der Waals surface area contributed by atoms with E-state index in [0.717, 1.165) is 23.4 Å². The molecule has 21 heavy (non-hydrogen) atoms. The lowest BCUT2D eigenvalue weighted by Gasteiger charge is -2.09. The first-order valence-electron chi connectivity index (χ1n) is 6.19. The first-order valence-corrected chi connectivity index (χ1v) is 9.34. The Balaban J connectivity index is 2.24. The zero-order valence-electron chi connectivity index (χ0n) is 11.2. The van der Waals surface area contributed by atoms with Crippen LogP contribution in [0.1, 0.15) is 12.5 Å². The quantitative estimate of drug-likeness (QED) is 0.789. The molecule has 0 saturated heterocycles. The number of halogens is 2.